The largest absolute Gasteiger partial charge is 0.365 e. The highest BCUT2D eigenvalue weighted by Gasteiger charge is 2.30. The zero-order valence-electron chi connectivity index (χ0n) is 16.8. The molecule has 2 aromatic carbocycles. The van der Waals surface area contributed by atoms with Gasteiger partial charge in [-0.3, -0.25) is 14.6 Å². The Morgan fingerprint density at radius 1 is 1.24 bits per heavy atom. The van der Waals surface area contributed by atoms with E-state index in [1.165, 1.54) is 0 Å². The molecule has 2 heterocycles. The summed E-state index contributed by atoms with van der Waals surface area (Å²) in [5.41, 5.74) is 4.40. The third kappa shape index (κ3) is 3.66. The molecule has 6 heteroatoms. The average Bonchev–Trinajstić information content (AvgIpc) is 2.81. The number of pyridine rings is 1. The van der Waals surface area contributed by atoms with Crippen LogP contribution >= 0.6 is 0 Å². The van der Waals surface area contributed by atoms with Crippen LogP contribution in [0.5, 0.6) is 0 Å². The normalized spacial score (nSPS) is 16.2. The third-order valence-corrected chi connectivity index (χ3v) is 5.29. The van der Waals surface area contributed by atoms with Crippen molar-refractivity contribution in [1.82, 2.24) is 4.98 Å². The molecule has 6 nitrogen and oxygen atoms in total. The van der Waals surface area contributed by atoms with Crippen LogP contribution in [-0.4, -0.2) is 36.4 Å². The lowest BCUT2D eigenvalue weighted by Crippen LogP contribution is -2.44. The van der Waals surface area contributed by atoms with Crippen molar-refractivity contribution < 1.29 is 9.59 Å². The Labute approximate surface area is 170 Å². The zero-order valence-corrected chi connectivity index (χ0v) is 16.8. The van der Waals surface area contributed by atoms with Crippen LogP contribution in [0.2, 0.25) is 0 Å². The van der Waals surface area contributed by atoms with Crippen molar-refractivity contribution in [2.45, 2.75) is 26.3 Å². The lowest BCUT2D eigenvalue weighted by atomic mass is 10.1. The van der Waals surface area contributed by atoms with E-state index in [1.54, 1.807) is 11.1 Å². The maximum Gasteiger partial charge on any atom is 0.246 e. The number of benzene rings is 2. The standard InChI is InChI=1S/C23H24N4O2/c1-15-8-9-18-17(12-15)20(10-11-24-18)26(3)14-23(29)27-16(2)13-22(28)25-19-6-4-5-7-21(19)27/h4-12,16H,13-14H2,1-3H3,(H,25,28). The maximum atomic E-state index is 13.3. The van der Waals surface area contributed by atoms with Crippen molar-refractivity contribution in [3.8, 4) is 0 Å². The Bertz CT molecular complexity index is 1100. The third-order valence-electron chi connectivity index (χ3n) is 5.29. The number of aromatic nitrogens is 1. The number of para-hydroxylation sites is 2. The monoisotopic (exact) mass is 388 g/mol. The fourth-order valence-corrected chi connectivity index (χ4v) is 3.91. The average molecular weight is 388 g/mol. The van der Waals surface area contributed by atoms with Crippen LogP contribution in [0.4, 0.5) is 17.1 Å². The first-order chi connectivity index (χ1) is 13.9. The van der Waals surface area contributed by atoms with Crippen LogP contribution in [0.3, 0.4) is 0 Å². The Hall–Kier alpha value is -3.41. The van der Waals surface area contributed by atoms with Crippen molar-refractivity contribution in [1.29, 1.82) is 0 Å². The first kappa shape index (κ1) is 18.9. The molecule has 4 rings (SSSR count). The second-order valence-electron chi connectivity index (χ2n) is 7.59. The quantitative estimate of drug-likeness (QED) is 0.742. The van der Waals surface area contributed by atoms with Crippen LogP contribution in [0.1, 0.15) is 18.9 Å². The summed E-state index contributed by atoms with van der Waals surface area (Å²) in [5, 5.41) is 3.92. The first-order valence-electron chi connectivity index (χ1n) is 9.71. The predicted octanol–water partition coefficient (Wildman–Crippen LogP) is 3.74. The van der Waals surface area contributed by atoms with Crippen LogP contribution in [0.15, 0.2) is 54.7 Å². The van der Waals surface area contributed by atoms with E-state index in [0.717, 1.165) is 27.8 Å². The molecular formula is C23H24N4O2. The molecular weight excluding hydrogens is 364 g/mol. The molecule has 0 saturated carbocycles. The van der Waals surface area contributed by atoms with Crippen molar-refractivity contribution in [3.05, 3.63) is 60.3 Å². The molecule has 1 N–H and O–H groups in total. The van der Waals surface area contributed by atoms with E-state index in [-0.39, 0.29) is 30.8 Å². The number of carbonyl (C=O) groups is 2. The van der Waals surface area contributed by atoms with Gasteiger partial charge in [-0.15, -0.1) is 0 Å². The molecule has 1 aliphatic heterocycles. The van der Waals surface area contributed by atoms with Crippen LogP contribution in [0, 0.1) is 6.92 Å². The van der Waals surface area contributed by atoms with Crippen molar-refractivity contribution in [2.24, 2.45) is 0 Å². The van der Waals surface area contributed by atoms with Crippen LogP contribution in [-0.2, 0) is 9.59 Å². The van der Waals surface area contributed by atoms with Gasteiger partial charge >= 0.3 is 0 Å². The van der Waals surface area contributed by atoms with E-state index in [1.807, 2.05) is 68.3 Å². The number of anilines is 3. The molecule has 2 amide bonds. The Morgan fingerprint density at radius 3 is 2.86 bits per heavy atom. The summed E-state index contributed by atoms with van der Waals surface area (Å²) >= 11 is 0. The number of nitrogens with zero attached hydrogens (tertiary/aromatic N) is 3. The number of carbonyl (C=O) groups excluding carboxylic acids is 2. The summed E-state index contributed by atoms with van der Waals surface area (Å²) in [6.45, 7) is 4.14. The summed E-state index contributed by atoms with van der Waals surface area (Å²) in [6.07, 6.45) is 2.03. The summed E-state index contributed by atoms with van der Waals surface area (Å²) in [5.74, 6) is -0.134. The van der Waals surface area contributed by atoms with Gasteiger partial charge in [-0.1, -0.05) is 23.8 Å². The van der Waals surface area contributed by atoms with E-state index in [2.05, 4.69) is 16.4 Å². The molecule has 1 aliphatic rings. The molecule has 3 aromatic rings. The van der Waals surface area contributed by atoms with Gasteiger partial charge < -0.3 is 15.1 Å². The topological polar surface area (TPSA) is 65.5 Å². The smallest absolute Gasteiger partial charge is 0.246 e. The van der Waals surface area contributed by atoms with E-state index >= 15 is 0 Å². The fraction of sp³-hybridized carbons (Fsp3) is 0.261. The van der Waals surface area contributed by atoms with Crippen molar-refractivity contribution in [2.75, 3.05) is 28.7 Å². The molecule has 0 saturated heterocycles. The van der Waals surface area contributed by atoms with E-state index in [4.69, 9.17) is 0 Å². The molecule has 0 fully saturated rings. The molecule has 0 radical (unpaired) electrons. The number of hydrogen-bond donors (Lipinski definition) is 1. The minimum atomic E-state index is -0.226. The summed E-state index contributed by atoms with van der Waals surface area (Å²) in [6, 6.07) is 15.3. The molecule has 0 spiro atoms. The van der Waals surface area contributed by atoms with Gasteiger partial charge in [0.2, 0.25) is 11.8 Å². The molecule has 1 aromatic heterocycles. The van der Waals surface area contributed by atoms with Gasteiger partial charge in [-0.2, -0.15) is 0 Å². The van der Waals surface area contributed by atoms with E-state index in [9.17, 15) is 9.59 Å². The minimum Gasteiger partial charge on any atom is -0.365 e. The van der Waals surface area contributed by atoms with Crippen molar-refractivity contribution >= 4 is 39.8 Å². The van der Waals surface area contributed by atoms with Gasteiger partial charge in [0.25, 0.3) is 0 Å². The van der Waals surface area contributed by atoms with E-state index in [0.29, 0.717) is 5.69 Å². The molecule has 29 heavy (non-hydrogen) atoms. The second-order valence-corrected chi connectivity index (χ2v) is 7.59. The number of amides is 2. The number of hydrogen-bond acceptors (Lipinski definition) is 4. The molecule has 1 unspecified atom stereocenters. The number of nitrogens with one attached hydrogen (secondary N) is 1. The molecule has 0 aliphatic carbocycles. The highest BCUT2D eigenvalue weighted by atomic mass is 16.2. The van der Waals surface area contributed by atoms with Gasteiger partial charge in [-0.05, 0) is 44.2 Å². The second kappa shape index (κ2) is 7.54. The van der Waals surface area contributed by atoms with Gasteiger partial charge in [0, 0.05) is 36.8 Å². The Morgan fingerprint density at radius 2 is 2.03 bits per heavy atom. The predicted molar refractivity (Wildman–Crippen MR) is 116 cm³/mol. The number of likely N-dealkylation sites (N-methyl/N-ethyl adjacent to an activating group) is 1. The fourth-order valence-electron chi connectivity index (χ4n) is 3.91. The Balaban J connectivity index is 1.66. The SMILES string of the molecule is Cc1ccc2nccc(N(C)CC(=O)N3c4ccccc4NC(=O)CC3C)c2c1. The number of aryl methyl sites for hydroxylation is 1. The number of rotatable bonds is 3. The lowest BCUT2D eigenvalue weighted by Gasteiger charge is -2.30. The maximum absolute atomic E-state index is 13.3. The summed E-state index contributed by atoms with van der Waals surface area (Å²) < 4.78 is 0. The Kier molecular flexibility index (Phi) is 4.92. The van der Waals surface area contributed by atoms with Crippen LogP contribution < -0.4 is 15.1 Å². The highest BCUT2D eigenvalue weighted by Crippen LogP contribution is 2.32. The minimum absolute atomic E-state index is 0.0541. The number of fused-ring (bicyclic) bond motifs is 2. The lowest BCUT2D eigenvalue weighted by molar-refractivity contribution is -0.118. The molecule has 148 valence electrons. The summed E-state index contributed by atoms with van der Waals surface area (Å²) in [4.78, 5) is 33.6. The highest BCUT2D eigenvalue weighted by molar-refractivity contribution is 6.06. The zero-order chi connectivity index (χ0) is 20.5. The molecule has 0 bridgehead atoms. The van der Waals surface area contributed by atoms with Gasteiger partial charge in [0.15, 0.2) is 0 Å². The summed E-state index contributed by atoms with van der Waals surface area (Å²) in [7, 11) is 1.91. The molecule has 1 atom stereocenters. The first-order valence-corrected chi connectivity index (χ1v) is 9.71. The van der Waals surface area contributed by atoms with Crippen molar-refractivity contribution in [3.63, 3.8) is 0 Å². The van der Waals surface area contributed by atoms with Gasteiger partial charge in [0.05, 0.1) is 23.4 Å². The van der Waals surface area contributed by atoms with E-state index < -0.39 is 0 Å². The van der Waals surface area contributed by atoms with Crippen LogP contribution in [0.25, 0.3) is 10.9 Å². The van der Waals surface area contributed by atoms with Gasteiger partial charge in [0.1, 0.15) is 0 Å². The van der Waals surface area contributed by atoms with Gasteiger partial charge in [-0.25, -0.2) is 0 Å².